The molecule has 0 aromatic carbocycles. The van der Waals surface area contributed by atoms with Gasteiger partial charge in [-0.2, -0.15) is 0 Å². The number of rotatable bonds is 0. The molecule has 6 heteroatoms. The molecule has 0 saturated carbocycles. The monoisotopic (exact) mass is 302 g/mol. The summed E-state index contributed by atoms with van der Waals surface area (Å²) >= 11 is 0. The molecule has 0 aliphatic heterocycles. The molecule has 0 spiro atoms. The Balaban J connectivity index is 0. The van der Waals surface area contributed by atoms with Crippen molar-refractivity contribution < 1.29 is 115 Å². The third-order valence-corrected chi connectivity index (χ3v) is 0. The van der Waals surface area contributed by atoms with Gasteiger partial charge in [-0.25, -0.2) is 0 Å². The van der Waals surface area contributed by atoms with E-state index in [1.54, 1.807) is 0 Å². The first kappa shape index (κ1) is 54.1. The summed E-state index contributed by atoms with van der Waals surface area (Å²) in [6.07, 6.45) is 0. The second kappa shape index (κ2) is 37.9. The van der Waals surface area contributed by atoms with E-state index >= 15 is 0 Å². The fourth-order valence-electron chi connectivity index (χ4n) is 0. The van der Waals surface area contributed by atoms with Crippen molar-refractivity contribution in [3.05, 3.63) is 0 Å². The summed E-state index contributed by atoms with van der Waals surface area (Å²) in [5.41, 5.74) is 0. The molecule has 0 rings (SSSR count). The Labute approximate surface area is 113 Å². The van der Waals surface area contributed by atoms with Crippen molar-refractivity contribution in [3.8, 4) is 0 Å². The van der Waals surface area contributed by atoms with Crippen LogP contribution in [0.25, 0.3) is 0 Å². The summed E-state index contributed by atoms with van der Waals surface area (Å²) in [7, 11) is 0. The molecule has 0 nitrogen and oxygen atoms in total. The Morgan fingerprint density at radius 2 is 0.500 bits per heavy atom. The van der Waals surface area contributed by atoms with E-state index in [1.165, 1.54) is 0 Å². The van der Waals surface area contributed by atoms with Crippen molar-refractivity contribution >= 4 is 0 Å². The van der Waals surface area contributed by atoms with Crippen LogP contribution in [-0.4, -0.2) is 0 Å². The molecule has 0 N–H and O–H groups in total. The van der Waals surface area contributed by atoms with Gasteiger partial charge in [-0.1, -0.05) is 0 Å². The van der Waals surface area contributed by atoms with Gasteiger partial charge in [-0.15, -0.1) is 0 Å². The van der Waals surface area contributed by atoms with E-state index in [-0.39, 0.29) is 115 Å². The molecule has 0 saturated heterocycles. The molecular weight excluding hydrogens is 302 g/mol. The zero-order chi connectivity index (χ0) is 0. The zero-order valence-electron chi connectivity index (χ0n) is 2.71. The normalized spacial score (nSPS) is 0. The largest absolute Gasteiger partial charge is 0 e. The third-order valence-electron chi connectivity index (χ3n) is 0. The smallest absolute Gasteiger partial charge is 0 e. The molecule has 0 amide bonds. The van der Waals surface area contributed by atoms with Crippen LogP contribution in [0.2, 0.25) is 0 Å². The van der Waals surface area contributed by atoms with Gasteiger partial charge in [0.2, 0.25) is 0 Å². The van der Waals surface area contributed by atoms with Crippen LogP contribution >= 0.6 is 0 Å². The number of hydrogen-bond acceptors (Lipinski definition) is 0. The Morgan fingerprint density at radius 3 is 0.500 bits per heavy atom. The van der Waals surface area contributed by atoms with Crippen LogP contribution in [0.3, 0.4) is 0 Å². The average molecular weight is 302 g/mol. The summed E-state index contributed by atoms with van der Waals surface area (Å²) in [5.74, 6) is 0. The van der Waals surface area contributed by atoms with Crippen molar-refractivity contribution in [2.75, 3.05) is 0 Å². The van der Waals surface area contributed by atoms with Crippen LogP contribution in [0.15, 0.2) is 0 Å². The summed E-state index contributed by atoms with van der Waals surface area (Å²) in [4.78, 5) is 0. The first-order chi connectivity index (χ1) is 0. The molecule has 30 valence electrons. The topological polar surface area (TPSA) is 0 Å². The fraction of sp³-hybridized carbons (Fsp3) is 0. The number of hydrogen-bond donors (Lipinski definition) is 0. The summed E-state index contributed by atoms with van der Waals surface area (Å²) in [6, 6.07) is 0. The van der Waals surface area contributed by atoms with Gasteiger partial charge in [-0.05, 0) is 0 Å². The molecule has 0 heterocycles. The predicted molar refractivity (Wildman–Crippen MR) is 0 cm³/mol. The van der Waals surface area contributed by atoms with E-state index in [0.717, 1.165) is 0 Å². The van der Waals surface area contributed by atoms with Crippen LogP contribution in [0, 0.1) is 0 Å². The molecule has 0 atom stereocenters. The minimum Gasteiger partial charge on any atom is 0 e. The van der Waals surface area contributed by atoms with Crippen LogP contribution in [0.5, 0.6) is 0 Å². The Morgan fingerprint density at radius 1 is 0.500 bits per heavy atom. The van der Waals surface area contributed by atoms with E-state index in [9.17, 15) is 0 Å². The molecule has 0 aromatic heterocycles. The maximum atomic E-state index is 0. The Hall–Kier alpha value is 3.66. The molecule has 0 aliphatic rings. The molecule has 0 aliphatic carbocycles. The van der Waals surface area contributed by atoms with Crippen molar-refractivity contribution in [3.63, 3.8) is 0 Å². The minimum atomic E-state index is 0. The minimum absolute atomic E-state index is 0. The van der Waals surface area contributed by atoms with Crippen LogP contribution in [-0.2, 0) is 115 Å². The van der Waals surface area contributed by atoms with Gasteiger partial charge >= 0.3 is 0 Å². The molecule has 0 bridgehead atoms. The first-order valence-corrected chi connectivity index (χ1v) is 0. The zero-order valence-corrected chi connectivity index (χ0v) is 11.2. The molecule has 0 unspecified atom stereocenters. The van der Waals surface area contributed by atoms with Gasteiger partial charge in [0, 0.05) is 115 Å². The van der Waals surface area contributed by atoms with Gasteiger partial charge in [0.15, 0.2) is 0 Å². The molecule has 6 heavy (non-hydrogen) atoms. The van der Waals surface area contributed by atoms with Crippen LogP contribution in [0.4, 0.5) is 0 Å². The molecule has 0 fully saturated rings. The predicted octanol–water partition coefficient (Wildman–Crippen LogP) is -0.0150. The Kier molecular flexibility index (Phi) is 342. The average Bonchev–Trinajstić information content (AvgIpc) is 0. The summed E-state index contributed by atoms with van der Waals surface area (Å²) in [6.45, 7) is 0. The SMILES string of the molecule is [Cr].[Cr].[Ti].[Ti].[V].[V]. The maximum absolute atomic E-state index is 0. The van der Waals surface area contributed by atoms with Crippen LogP contribution in [0.1, 0.15) is 0 Å². The van der Waals surface area contributed by atoms with E-state index in [0.29, 0.717) is 0 Å². The summed E-state index contributed by atoms with van der Waals surface area (Å²) < 4.78 is 0. The van der Waals surface area contributed by atoms with Gasteiger partial charge < -0.3 is 0 Å². The van der Waals surface area contributed by atoms with Crippen LogP contribution < -0.4 is 0 Å². The summed E-state index contributed by atoms with van der Waals surface area (Å²) in [5, 5.41) is 0. The maximum Gasteiger partial charge on any atom is 0 e. The van der Waals surface area contributed by atoms with Gasteiger partial charge in [0.05, 0.1) is 0 Å². The van der Waals surface area contributed by atoms with E-state index in [1.807, 2.05) is 0 Å². The third kappa shape index (κ3) is 25.4. The van der Waals surface area contributed by atoms with Crippen molar-refractivity contribution in [1.29, 1.82) is 0 Å². The first-order valence-electron chi connectivity index (χ1n) is 0. The van der Waals surface area contributed by atoms with Gasteiger partial charge in [-0.3, -0.25) is 0 Å². The Bertz CT molecular complexity index is 9.51. The second-order valence-corrected chi connectivity index (χ2v) is 0. The van der Waals surface area contributed by atoms with E-state index in [2.05, 4.69) is 0 Å². The van der Waals surface area contributed by atoms with Gasteiger partial charge in [0.25, 0.3) is 0 Å². The quantitative estimate of drug-likeness (QED) is 0.552. The van der Waals surface area contributed by atoms with E-state index < -0.39 is 0 Å². The molecular formula is Cr2Ti2V2. The molecule has 2 radical (unpaired) electrons. The second-order valence-electron chi connectivity index (χ2n) is 0. The van der Waals surface area contributed by atoms with Crippen molar-refractivity contribution in [1.82, 2.24) is 0 Å². The van der Waals surface area contributed by atoms with E-state index in [4.69, 9.17) is 0 Å². The van der Waals surface area contributed by atoms with Gasteiger partial charge in [0.1, 0.15) is 0 Å². The standard InChI is InChI=1S/2Cr.2Ti.2V. The van der Waals surface area contributed by atoms with Crippen molar-refractivity contribution in [2.45, 2.75) is 0 Å². The fourth-order valence-corrected chi connectivity index (χ4v) is 0. The van der Waals surface area contributed by atoms with Crippen molar-refractivity contribution in [2.24, 2.45) is 0 Å². The molecule has 0 aromatic rings.